The lowest BCUT2D eigenvalue weighted by Gasteiger charge is -2.07. The minimum atomic E-state index is -0.496. The van der Waals surface area contributed by atoms with Gasteiger partial charge in [0.15, 0.2) is 5.16 Å². The van der Waals surface area contributed by atoms with Gasteiger partial charge >= 0.3 is 11.9 Å². The molecule has 0 aliphatic carbocycles. The van der Waals surface area contributed by atoms with Crippen molar-refractivity contribution in [2.75, 3.05) is 24.7 Å². The van der Waals surface area contributed by atoms with E-state index in [9.17, 15) is 9.59 Å². The number of esters is 2. The van der Waals surface area contributed by atoms with E-state index in [4.69, 9.17) is 15.2 Å². The van der Waals surface area contributed by atoms with Gasteiger partial charge in [-0.05, 0) is 26.0 Å². The Morgan fingerprint density at radius 3 is 2.54 bits per heavy atom. The number of carbonyl (C=O) groups is 2. The number of thioether (sulfide) groups is 1. The fourth-order valence-corrected chi connectivity index (χ4v) is 4.15. The van der Waals surface area contributed by atoms with Gasteiger partial charge in [-0.25, -0.2) is 14.8 Å². The molecular weight excluding hydrogens is 400 g/mol. The molecule has 3 aromatic heterocycles. The van der Waals surface area contributed by atoms with Crippen molar-refractivity contribution in [3.63, 3.8) is 0 Å². The predicted octanol–water partition coefficient (Wildman–Crippen LogP) is 3.17. The highest BCUT2D eigenvalue weighted by Crippen LogP contribution is 2.39. The normalized spacial score (nSPS) is 10.8. The number of pyridine rings is 1. The minimum Gasteiger partial charge on any atom is -0.465 e. The number of nitrogens with zero attached hydrogens (tertiary/aromatic N) is 3. The Bertz CT molecular complexity index is 1010. The summed E-state index contributed by atoms with van der Waals surface area (Å²) in [5, 5.41) is 0.976. The van der Waals surface area contributed by atoms with Gasteiger partial charge in [-0.2, -0.15) is 0 Å². The molecular formula is C18H18N4O4S2. The summed E-state index contributed by atoms with van der Waals surface area (Å²) in [6.45, 7) is 4.04. The van der Waals surface area contributed by atoms with Crippen LogP contribution < -0.4 is 5.73 Å². The second-order valence-corrected chi connectivity index (χ2v) is 7.37. The van der Waals surface area contributed by atoms with Gasteiger partial charge in [0.2, 0.25) is 0 Å². The summed E-state index contributed by atoms with van der Waals surface area (Å²) < 4.78 is 10.0. The standard InChI is InChI=1S/C18H18N4O4S2/c1-3-25-11(23)9-27-18-21-14(10-5-7-20-8-6-10)12-13(19)15(17(24)26-4-2)28-16(12)22-18/h5-8H,3-4,9,19H2,1-2H3. The van der Waals surface area contributed by atoms with Crippen molar-refractivity contribution in [1.29, 1.82) is 0 Å². The lowest BCUT2D eigenvalue weighted by atomic mass is 10.1. The molecule has 0 bridgehead atoms. The van der Waals surface area contributed by atoms with Crippen LogP contribution >= 0.6 is 23.1 Å². The van der Waals surface area contributed by atoms with E-state index in [1.807, 2.05) is 0 Å². The molecule has 0 spiro atoms. The number of nitrogen functional groups attached to an aromatic ring is 1. The highest BCUT2D eigenvalue weighted by molar-refractivity contribution is 7.99. The van der Waals surface area contributed by atoms with Gasteiger partial charge in [0.05, 0.1) is 35.7 Å². The van der Waals surface area contributed by atoms with Crippen LogP contribution in [0, 0.1) is 0 Å². The Morgan fingerprint density at radius 1 is 1.14 bits per heavy atom. The predicted molar refractivity (Wildman–Crippen MR) is 108 cm³/mol. The van der Waals surface area contributed by atoms with Crippen LogP contribution in [-0.2, 0) is 14.3 Å². The van der Waals surface area contributed by atoms with E-state index in [0.29, 0.717) is 27.7 Å². The Balaban J connectivity index is 2.10. The number of hydrogen-bond donors (Lipinski definition) is 1. The number of carbonyl (C=O) groups excluding carboxylic acids is 2. The summed E-state index contributed by atoms with van der Waals surface area (Å²) in [7, 11) is 0. The van der Waals surface area contributed by atoms with Crippen molar-refractivity contribution >= 4 is 50.9 Å². The van der Waals surface area contributed by atoms with Gasteiger partial charge in [-0.1, -0.05) is 11.8 Å². The lowest BCUT2D eigenvalue weighted by molar-refractivity contribution is -0.139. The second-order valence-electron chi connectivity index (χ2n) is 5.43. The average molecular weight is 419 g/mol. The molecule has 0 aliphatic rings. The van der Waals surface area contributed by atoms with Gasteiger partial charge in [-0.15, -0.1) is 11.3 Å². The van der Waals surface area contributed by atoms with Crippen LogP contribution in [-0.4, -0.2) is 45.9 Å². The summed E-state index contributed by atoms with van der Waals surface area (Å²) >= 11 is 2.31. The Kier molecular flexibility index (Phi) is 6.42. The highest BCUT2D eigenvalue weighted by atomic mass is 32.2. The van der Waals surface area contributed by atoms with Crippen LogP contribution in [0.4, 0.5) is 5.69 Å². The zero-order chi connectivity index (χ0) is 20.1. The smallest absolute Gasteiger partial charge is 0.350 e. The number of hydrogen-bond acceptors (Lipinski definition) is 10. The van der Waals surface area contributed by atoms with Crippen molar-refractivity contribution in [2.45, 2.75) is 19.0 Å². The topological polar surface area (TPSA) is 117 Å². The molecule has 0 aromatic carbocycles. The SMILES string of the molecule is CCOC(=O)CSc1nc(-c2ccncc2)c2c(N)c(C(=O)OCC)sc2n1. The van der Waals surface area contributed by atoms with Crippen molar-refractivity contribution in [2.24, 2.45) is 0 Å². The third-order valence-electron chi connectivity index (χ3n) is 3.61. The maximum atomic E-state index is 12.2. The highest BCUT2D eigenvalue weighted by Gasteiger charge is 2.23. The summed E-state index contributed by atoms with van der Waals surface area (Å²) in [4.78, 5) is 37.8. The molecule has 0 fully saturated rings. The maximum Gasteiger partial charge on any atom is 0.350 e. The van der Waals surface area contributed by atoms with Gasteiger partial charge < -0.3 is 15.2 Å². The Labute approximate surface area is 169 Å². The molecule has 0 radical (unpaired) electrons. The van der Waals surface area contributed by atoms with Gasteiger partial charge in [-0.3, -0.25) is 9.78 Å². The van der Waals surface area contributed by atoms with E-state index in [0.717, 1.165) is 28.7 Å². The van der Waals surface area contributed by atoms with E-state index in [2.05, 4.69) is 15.0 Å². The van der Waals surface area contributed by atoms with Crippen LogP contribution in [0.3, 0.4) is 0 Å². The molecule has 0 aliphatic heterocycles. The van der Waals surface area contributed by atoms with Crippen molar-refractivity contribution in [3.8, 4) is 11.3 Å². The maximum absolute atomic E-state index is 12.2. The van der Waals surface area contributed by atoms with Crippen LogP contribution in [0.25, 0.3) is 21.5 Å². The molecule has 28 heavy (non-hydrogen) atoms. The Morgan fingerprint density at radius 2 is 1.86 bits per heavy atom. The molecule has 3 aromatic rings. The number of anilines is 1. The Hall–Kier alpha value is -2.72. The van der Waals surface area contributed by atoms with E-state index in [1.54, 1.807) is 38.4 Å². The first kappa shape index (κ1) is 20.0. The summed E-state index contributed by atoms with van der Waals surface area (Å²) in [5.74, 6) is -0.759. The molecule has 0 saturated carbocycles. The molecule has 146 valence electrons. The molecule has 0 saturated heterocycles. The van der Waals surface area contributed by atoms with Crippen LogP contribution in [0.2, 0.25) is 0 Å². The van der Waals surface area contributed by atoms with Crippen LogP contribution in [0.15, 0.2) is 29.7 Å². The lowest BCUT2D eigenvalue weighted by Crippen LogP contribution is -2.07. The average Bonchev–Trinajstić information content (AvgIpc) is 3.03. The first-order valence-electron chi connectivity index (χ1n) is 8.51. The molecule has 2 N–H and O–H groups in total. The number of aromatic nitrogens is 3. The summed E-state index contributed by atoms with van der Waals surface area (Å²) in [6, 6.07) is 3.59. The quantitative estimate of drug-likeness (QED) is 0.351. The molecule has 0 unspecified atom stereocenters. The summed E-state index contributed by atoms with van der Waals surface area (Å²) in [6.07, 6.45) is 3.28. The molecule has 8 nitrogen and oxygen atoms in total. The molecule has 0 atom stereocenters. The first-order chi connectivity index (χ1) is 13.5. The second kappa shape index (κ2) is 8.98. The first-order valence-corrected chi connectivity index (χ1v) is 10.3. The number of ether oxygens (including phenoxy) is 2. The van der Waals surface area contributed by atoms with Crippen molar-refractivity contribution in [3.05, 3.63) is 29.4 Å². The molecule has 0 amide bonds. The van der Waals surface area contributed by atoms with Gasteiger partial charge in [0.1, 0.15) is 9.71 Å². The van der Waals surface area contributed by atoms with E-state index >= 15 is 0 Å². The fraction of sp³-hybridized carbons (Fsp3) is 0.278. The van der Waals surface area contributed by atoms with E-state index < -0.39 is 5.97 Å². The number of nitrogens with two attached hydrogens (primary N) is 1. The van der Waals surface area contributed by atoms with E-state index in [-0.39, 0.29) is 28.9 Å². The zero-order valence-electron chi connectivity index (χ0n) is 15.3. The third-order valence-corrected chi connectivity index (χ3v) is 5.51. The molecule has 3 heterocycles. The van der Waals surface area contributed by atoms with Crippen molar-refractivity contribution in [1.82, 2.24) is 15.0 Å². The van der Waals surface area contributed by atoms with Crippen LogP contribution in [0.5, 0.6) is 0 Å². The zero-order valence-corrected chi connectivity index (χ0v) is 16.9. The van der Waals surface area contributed by atoms with E-state index in [1.165, 1.54) is 0 Å². The third kappa shape index (κ3) is 4.23. The summed E-state index contributed by atoms with van der Waals surface area (Å²) in [5.41, 5.74) is 7.89. The van der Waals surface area contributed by atoms with Crippen LogP contribution in [0.1, 0.15) is 23.5 Å². The fourth-order valence-electron chi connectivity index (χ4n) is 2.46. The van der Waals surface area contributed by atoms with Gasteiger partial charge in [0.25, 0.3) is 0 Å². The number of fused-ring (bicyclic) bond motifs is 1. The van der Waals surface area contributed by atoms with Gasteiger partial charge in [0, 0.05) is 18.0 Å². The molecule has 3 rings (SSSR count). The largest absolute Gasteiger partial charge is 0.465 e. The minimum absolute atomic E-state index is 0.0841. The monoisotopic (exact) mass is 418 g/mol. The van der Waals surface area contributed by atoms with Crippen molar-refractivity contribution < 1.29 is 19.1 Å². The molecule has 10 heteroatoms. The number of rotatable bonds is 7. The number of thiophene rings is 1.